The summed E-state index contributed by atoms with van der Waals surface area (Å²) in [6.45, 7) is 0. The van der Waals surface area contributed by atoms with E-state index in [1.807, 2.05) is 0 Å². The van der Waals surface area contributed by atoms with Crippen molar-refractivity contribution in [2.45, 2.75) is 4.90 Å². The lowest BCUT2D eigenvalue weighted by Gasteiger charge is -2.10. The summed E-state index contributed by atoms with van der Waals surface area (Å²) in [6, 6.07) is 4.70. The number of aromatic carboxylic acids is 1. The summed E-state index contributed by atoms with van der Waals surface area (Å²) in [7, 11) is -4.04. The highest BCUT2D eigenvalue weighted by Gasteiger charge is 2.24. The molecule has 1 heterocycles. The fourth-order valence-corrected chi connectivity index (χ4v) is 6.42. The van der Waals surface area contributed by atoms with Gasteiger partial charge in [-0.05, 0) is 50.1 Å². The quantitative estimate of drug-likeness (QED) is 0.727. The SMILES string of the molecule is O=C(O)c1c(F)cccc1NS(=O)(=O)c1cc(Br)sc1Br. The molecule has 0 fully saturated rings. The molecule has 1 aromatic heterocycles. The number of thiophene rings is 1. The van der Waals surface area contributed by atoms with Gasteiger partial charge in [0.05, 0.1) is 13.3 Å². The number of hydrogen-bond acceptors (Lipinski definition) is 4. The van der Waals surface area contributed by atoms with Crippen LogP contribution in [0, 0.1) is 5.82 Å². The predicted octanol–water partition coefficient (Wildman–Crippen LogP) is 3.91. The zero-order chi connectivity index (χ0) is 15.8. The van der Waals surface area contributed by atoms with Gasteiger partial charge in [-0.3, -0.25) is 4.72 Å². The van der Waals surface area contributed by atoms with E-state index in [1.165, 1.54) is 18.2 Å². The predicted molar refractivity (Wildman–Crippen MR) is 83.9 cm³/mol. The molecule has 21 heavy (non-hydrogen) atoms. The molecule has 0 unspecified atom stereocenters. The molecule has 5 nitrogen and oxygen atoms in total. The Labute approximate surface area is 140 Å². The maximum absolute atomic E-state index is 13.5. The summed E-state index contributed by atoms with van der Waals surface area (Å²) in [6.07, 6.45) is 0. The van der Waals surface area contributed by atoms with Crippen molar-refractivity contribution in [3.05, 3.63) is 43.2 Å². The number of halogens is 3. The molecule has 2 aromatic rings. The van der Waals surface area contributed by atoms with Gasteiger partial charge in [0.1, 0.15) is 16.3 Å². The number of sulfonamides is 1. The van der Waals surface area contributed by atoms with Crippen LogP contribution in [0.4, 0.5) is 10.1 Å². The molecule has 0 spiro atoms. The highest BCUT2D eigenvalue weighted by Crippen LogP contribution is 2.36. The lowest BCUT2D eigenvalue weighted by Crippen LogP contribution is -2.16. The fourth-order valence-electron chi connectivity index (χ4n) is 1.53. The van der Waals surface area contributed by atoms with Crippen LogP contribution in [-0.4, -0.2) is 19.5 Å². The molecule has 0 aliphatic rings. The third kappa shape index (κ3) is 3.44. The molecular formula is C11H6Br2FNO4S2. The Morgan fingerprint density at radius 2 is 2.00 bits per heavy atom. The molecule has 0 bridgehead atoms. The number of carboxylic acids is 1. The summed E-state index contributed by atoms with van der Waals surface area (Å²) in [4.78, 5) is 11.0. The Bertz CT molecular complexity index is 820. The number of carboxylic acid groups (broad SMARTS) is 1. The van der Waals surface area contributed by atoms with E-state index in [2.05, 4.69) is 36.6 Å². The number of benzene rings is 1. The van der Waals surface area contributed by atoms with Crippen LogP contribution in [0.15, 0.2) is 36.7 Å². The molecule has 0 radical (unpaired) electrons. The summed E-state index contributed by atoms with van der Waals surface area (Å²) >= 11 is 7.40. The van der Waals surface area contributed by atoms with E-state index in [9.17, 15) is 17.6 Å². The van der Waals surface area contributed by atoms with E-state index in [4.69, 9.17) is 5.11 Å². The molecule has 0 amide bonds. The van der Waals surface area contributed by atoms with E-state index >= 15 is 0 Å². The topological polar surface area (TPSA) is 83.5 Å². The van der Waals surface area contributed by atoms with Crippen LogP contribution in [0.2, 0.25) is 0 Å². The summed E-state index contributed by atoms with van der Waals surface area (Å²) < 4.78 is 41.0. The molecule has 0 saturated heterocycles. The number of hydrogen-bond donors (Lipinski definition) is 2. The van der Waals surface area contributed by atoms with Crippen LogP contribution in [0.1, 0.15) is 10.4 Å². The van der Waals surface area contributed by atoms with E-state index in [1.54, 1.807) is 0 Å². The number of nitrogens with one attached hydrogen (secondary N) is 1. The van der Waals surface area contributed by atoms with Crippen molar-refractivity contribution in [1.82, 2.24) is 0 Å². The summed E-state index contributed by atoms with van der Waals surface area (Å²) in [5.74, 6) is -2.58. The second-order valence-corrected chi connectivity index (χ2v) is 9.16. The van der Waals surface area contributed by atoms with Gasteiger partial charge in [-0.1, -0.05) is 6.07 Å². The van der Waals surface area contributed by atoms with Crippen molar-refractivity contribution < 1.29 is 22.7 Å². The van der Waals surface area contributed by atoms with Crippen molar-refractivity contribution in [3.63, 3.8) is 0 Å². The Hall–Kier alpha value is -0.970. The Morgan fingerprint density at radius 3 is 2.52 bits per heavy atom. The molecule has 2 N–H and O–H groups in total. The smallest absolute Gasteiger partial charge is 0.340 e. The van der Waals surface area contributed by atoms with E-state index in [-0.39, 0.29) is 10.6 Å². The van der Waals surface area contributed by atoms with Crippen LogP contribution in [-0.2, 0) is 10.0 Å². The first-order valence-corrected chi connectivity index (χ1v) is 9.10. The zero-order valence-electron chi connectivity index (χ0n) is 9.93. The molecule has 112 valence electrons. The van der Waals surface area contributed by atoms with Crippen LogP contribution >= 0.6 is 43.2 Å². The second kappa shape index (κ2) is 6.03. The minimum Gasteiger partial charge on any atom is -0.478 e. The molecule has 0 atom stereocenters. The van der Waals surface area contributed by atoms with Crippen LogP contribution < -0.4 is 4.72 Å². The van der Waals surface area contributed by atoms with Crippen molar-refractivity contribution >= 4 is 64.9 Å². The van der Waals surface area contributed by atoms with Crippen LogP contribution in [0.25, 0.3) is 0 Å². The number of carbonyl (C=O) groups is 1. The molecule has 0 saturated carbocycles. The molecule has 1 aromatic carbocycles. The highest BCUT2D eigenvalue weighted by atomic mass is 79.9. The van der Waals surface area contributed by atoms with E-state index < -0.39 is 27.4 Å². The third-order valence-corrected chi connectivity index (χ3v) is 6.51. The Kier molecular flexibility index (Phi) is 4.71. The first-order valence-electron chi connectivity index (χ1n) is 5.22. The van der Waals surface area contributed by atoms with Gasteiger partial charge in [0.15, 0.2) is 0 Å². The maximum atomic E-state index is 13.5. The first-order chi connectivity index (χ1) is 9.72. The maximum Gasteiger partial charge on any atom is 0.340 e. The van der Waals surface area contributed by atoms with Gasteiger partial charge in [0, 0.05) is 0 Å². The van der Waals surface area contributed by atoms with Crippen molar-refractivity contribution in [3.8, 4) is 0 Å². The number of anilines is 1. The highest BCUT2D eigenvalue weighted by molar-refractivity contribution is 9.12. The minimum absolute atomic E-state index is 0.0695. The normalized spacial score (nSPS) is 11.4. The van der Waals surface area contributed by atoms with Crippen LogP contribution in [0.5, 0.6) is 0 Å². The molecule has 10 heteroatoms. The minimum atomic E-state index is -4.04. The standard InChI is InChI=1S/C11H6Br2FNO4S2/c12-8-4-7(10(13)20-8)21(18,19)15-6-3-1-2-5(14)9(6)11(16)17/h1-4,15H,(H,16,17). The first kappa shape index (κ1) is 16.4. The number of rotatable bonds is 4. The lowest BCUT2D eigenvalue weighted by molar-refractivity contribution is 0.0693. The van der Waals surface area contributed by atoms with Gasteiger partial charge < -0.3 is 5.11 Å². The Morgan fingerprint density at radius 1 is 1.33 bits per heavy atom. The summed E-state index contributed by atoms with van der Waals surface area (Å²) in [5, 5.41) is 8.98. The molecule has 0 aliphatic carbocycles. The fraction of sp³-hybridized carbons (Fsp3) is 0. The van der Waals surface area contributed by atoms with Gasteiger partial charge in [-0.25, -0.2) is 17.6 Å². The van der Waals surface area contributed by atoms with Gasteiger partial charge in [0.2, 0.25) is 0 Å². The zero-order valence-corrected chi connectivity index (χ0v) is 14.7. The summed E-state index contributed by atoms with van der Waals surface area (Å²) in [5.41, 5.74) is -1.07. The van der Waals surface area contributed by atoms with Crippen molar-refractivity contribution in [2.75, 3.05) is 4.72 Å². The van der Waals surface area contributed by atoms with Gasteiger partial charge in [-0.2, -0.15) is 0 Å². The average Bonchev–Trinajstić information content (AvgIpc) is 2.68. The van der Waals surface area contributed by atoms with Crippen molar-refractivity contribution in [1.29, 1.82) is 0 Å². The van der Waals surface area contributed by atoms with Crippen molar-refractivity contribution in [2.24, 2.45) is 0 Å². The largest absolute Gasteiger partial charge is 0.478 e. The van der Waals surface area contributed by atoms with E-state index in [0.29, 0.717) is 7.57 Å². The molecule has 2 rings (SSSR count). The Balaban J connectivity index is 2.50. The second-order valence-electron chi connectivity index (χ2n) is 3.76. The van der Waals surface area contributed by atoms with Gasteiger partial charge >= 0.3 is 5.97 Å². The average molecular weight is 459 g/mol. The van der Waals surface area contributed by atoms with E-state index in [0.717, 1.165) is 17.4 Å². The monoisotopic (exact) mass is 457 g/mol. The molecule has 0 aliphatic heterocycles. The van der Waals surface area contributed by atoms with Crippen LogP contribution in [0.3, 0.4) is 0 Å². The lowest BCUT2D eigenvalue weighted by atomic mass is 10.2. The van der Waals surface area contributed by atoms with Gasteiger partial charge in [-0.15, -0.1) is 11.3 Å². The third-order valence-electron chi connectivity index (χ3n) is 2.39. The van der Waals surface area contributed by atoms with Gasteiger partial charge in [0.25, 0.3) is 10.0 Å². The molecular weight excluding hydrogens is 453 g/mol.